The Kier molecular flexibility index (Phi) is 6.55. The number of hydrazine groups is 1. The number of carbonyl (C=O) groups is 1. The van der Waals surface area contributed by atoms with Gasteiger partial charge in [-0.25, -0.2) is 5.84 Å². The van der Waals surface area contributed by atoms with E-state index in [1.807, 2.05) is 0 Å². The third kappa shape index (κ3) is 4.66. The fourth-order valence-corrected chi connectivity index (χ4v) is 1.94. The monoisotopic (exact) mass is 269 g/mol. The van der Waals surface area contributed by atoms with Gasteiger partial charge in [-0.3, -0.25) is 15.1 Å². The first kappa shape index (κ1) is 15.7. The molecule has 6 heteroatoms. The quantitative estimate of drug-likeness (QED) is 0.368. The molecule has 0 radical (unpaired) electrons. The molecule has 19 heavy (non-hydrogen) atoms. The van der Waals surface area contributed by atoms with Crippen molar-refractivity contribution in [3.63, 3.8) is 0 Å². The van der Waals surface area contributed by atoms with Crippen molar-refractivity contribution in [2.24, 2.45) is 5.84 Å². The Balaban J connectivity index is 2.70. The number of furan rings is 1. The standard InChI is InChI=1S/C13H23N3O3/c1-3-4-5-16(6-7-17)9-11-8-12(10(2)19-11)13(18)15-14/h8,17H,3-7,9,14H2,1-2H3,(H,15,18). The summed E-state index contributed by atoms with van der Waals surface area (Å²) in [5, 5.41) is 9.05. The lowest BCUT2D eigenvalue weighted by Gasteiger charge is -2.19. The number of rotatable bonds is 8. The highest BCUT2D eigenvalue weighted by Crippen LogP contribution is 2.16. The summed E-state index contributed by atoms with van der Waals surface area (Å²) < 4.78 is 5.55. The third-order valence-corrected chi connectivity index (χ3v) is 2.97. The molecule has 1 heterocycles. The van der Waals surface area contributed by atoms with Crippen LogP contribution in [0.15, 0.2) is 10.5 Å². The van der Waals surface area contributed by atoms with Crippen LogP contribution < -0.4 is 11.3 Å². The van der Waals surface area contributed by atoms with Gasteiger partial charge in [-0.1, -0.05) is 13.3 Å². The van der Waals surface area contributed by atoms with Crippen molar-refractivity contribution in [3.05, 3.63) is 23.2 Å². The fourth-order valence-electron chi connectivity index (χ4n) is 1.94. The first-order chi connectivity index (χ1) is 9.12. The number of nitrogen functional groups attached to an aromatic ring is 1. The maximum Gasteiger partial charge on any atom is 0.268 e. The second-order valence-corrected chi connectivity index (χ2v) is 4.51. The number of aliphatic hydroxyl groups is 1. The molecule has 6 nitrogen and oxygen atoms in total. The molecule has 4 N–H and O–H groups in total. The zero-order valence-corrected chi connectivity index (χ0v) is 11.6. The van der Waals surface area contributed by atoms with E-state index in [0.29, 0.717) is 30.2 Å². The number of aryl methyl sites for hydroxylation is 1. The Hall–Kier alpha value is -1.37. The van der Waals surface area contributed by atoms with Gasteiger partial charge >= 0.3 is 0 Å². The average Bonchev–Trinajstić information content (AvgIpc) is 2.76. The van der Waals surface area contributed by atoms with Gasteiger partial charge in [0, 0.05) is 6.54 Å². The molecule has 1 aromatic rings. The number of hydrogen-bond acceptors (Lipinski definition) is 5. The van der Waals surface area contributed by atoms with Gasteiger partial charge in [0.15, 0.2) is 0 Å². The summed E-state index contributed by atoms with van der Waals surface area (Å²) in [4.78, 5) is 13.6. The highest BCUT2D eigenvalue weighted by molar-refractivity contribution is 5.94. The van der Waals surface area contributed by atoms with Crippen molar-refractivity contribution < 1.29 is 14.3 Å². The van der Waals surface area contributed by atoms with Crippen molar-refractivity contribution in [2.45, 2.75) is 33.2 Å². The first-order valence-corrected chi connectivity index (χ1v) is 6.55. The molecule has 108 valence electrons. The van der Waals surface area contributed by atoms with E-state index in [1.165, 1.54) is 0 Å². The van der Waals surface area contributed by atoms with E-state index in [1.54, 1.807) is 13.0 Å². The van der Waals surface area contributed by atoms with Crippen LogP contribution in [0.4, 0.5) is 0 Å². The Morgan fingerprint density at radius 2 is 2.26 bits per heavy atom. The van der Waals surface area contributed by atoms with Crippen LogP contribution in [-0.4, -0.2) is 35.6 Å². The van der Waals surface area contributed by atoms with Gasteiger partial charge in [-0.05, 0) is 26.0 Å². The second-order valence-electron chi connectivity index (χ2n) is 4.51. The zero-order chi connectivity index (χ0) is 14.3. The summed E-state index contributed by atoms with van der Waals surface area (Å²) in [6, 6.07) is 1.70. The van der Waals surface area contributed by atoms with Crippen molar-refractivity contribution in [1.82, 2.24) is 10.3 Å². The van der Waals surface area contributed by atoms with Crippen molar-refractivity contribution >= 4 is 5.91 Å². The number of unbranched alkanes of at least 4 members (excludes halogenated alkanes) is 1. The predicted molar refractivity (Wildman–Crippen MR) is 72.4 cm³/mol. The molecule has 0 saturated carbocycles. The predicted octanol–water partition coefficient (Wildman–Crippen LogP) is 0.786. The molecular formula is C13H23N3O3. The lowest BCUT2D eigenvalue weighted by atomic mass is 10.2. The summed E-state index contributed by atoms with van der Waals surface area (Å²) in [6.07, 6.45) is 2.16. The molecule has 0 aliphatic rings. The number of nitrogens with one attached hydrogen (secondary N) is 1. The van der Waals surface area contributed by atoms with E-state index in [-0.39, 0.29) is 12.5 Å². The Morgan fingerprint density at radius 1 is 1.53 bits per heavy atom. The SMILES string of the molecule is CCCCN(CCO)Cc1cc(C(=O)NN)c(C)o1. The molecule has 1 rings (SSSR count). The first-order valence-electron chi connectivity index (χ1n) is 6.55. The van der Waals surface area contributed by atoms with Crippen LogP contribution in [0.25, 0.3) is 0 Å². The van der Waals surface area contributed by atoms with Gasteiger partial charge in [0.2, 0.25) is 0 Å². The van der Waals surface area contributed by atoms with Crippen molar-refractivity contribution in [3.8, 4) is 0 Å². The lowest BCUT2D eigenvalue weighted by Crippen LogP contribution is -2.30. The van der Waals surface area contributed by atoms with Gasteiger partial charge in [0.05, 0.1) is 18.7 Å². The summed E-state index contributed by atoms with van der Waals surface area (Å²) in [6.45, 7) is 6.04. The molecule has 0 spiro atoms. The van der Waals surface area contributed by atoms with Crippen LogP contribution in [0.2, 0.25) is 0 Å². The molecule has 0 aromatic carbocycles. The van der Waals surface area contributed by atoms with E-state index in [4.69, 9.17) is 15.4 Å². The molecule has 1 aromatic heterocycles. The highest BCUT2D eigenvalue weighted by Gasteiger charge is 2.15. The van der Waals surface area contributed by atoms with Crippen LogP contribution in [0.1, 0.15) is 41.6 Å². The maximum absolute atomic E-state index is 11.5. The summed E-state index contributed by atoms with van der Waals surface area (Å²) >= 11 is 0. The number of carbonyl (C=O) groups excluding carboxylic acids is 1. The van der Waals surface area contributed by atoms with Crippen LogP contribution in [0.5, 0.6) is 0 Å². The van der Waals surface area contributed by atoms with E-state index in [9.17, 15) is 4.79 Å². The molecule has 0 bridgehead atoms. The van der Waals surface area contributed by atoms with E-state index < -0.39 is 0 Å². The van der Waals surface area contributed by atoms with Gasteiger partial charge < -0.3 is 9.52 Å². The Morgan fingerprint density at radius 3 is 2.84 bits per heavy atom. The minimum atomic E-state index is -0.352. The number of amides is 1. The summed E-state index contributed by atoms with van der Waals surface area (Å²) in [7, 11) is 0. The molecule has 0 aliphatic heterocycles. The van der Waals surface area contributed by atoms with Gasteiger partial charge in [-0.2, -0.15) is 0 Å². The topological polar surface area (TPSA) is 91.7 Å². The molecule has 0 unspecified atom stereocenters. The van der Waals surface area contributed by atoms with Crippen molar-refractivity contribution in [2.75, 3.05) is 19.7 Å². The molecule has 0 saturated heterocycles. The van der Waals surface area contributed by atoms with Crippen molar-refractivity contribution in [1.29, 1.82) is 0 Å². The smallest absolute Gasteiger partial charge is 0.268 e. The van der Waals surface area contributed by atoms with Gasteiger partial charge in [-0.15, -0.1) is 0 Å². The normalized spacial score (nSPS) is 11.0. The Labute approximate surface area is 113 Å². The van der Waals surface area contributed by atoms with Gasteiger partial charge in [0.25, 0.3) is 5.91 Å². The molecule has 1 amide bonds. The largest absolute Gasteiger partial charge is 0.464 e. The Bertz CT molecular complexity index is 404. The van der Waals surface area contributed by atoms with E-state index in [0.717, 1.165) is 19.4 Å². The molecular weight excluding hydrogens is 246 g/mol. The van der Waals surface area contributed by atoms with Crippen LogP contribution in [-0.2, 0) is 6.54 Å². The number of aliphatic hydroxyl groups excluding tert-OH is 1. The molecule has 0 atom stereocenters. The number of nitrogens with two attached hydrogens (primary N) is 1. The average molecular weight is 269 g/mol. The number of nitrogens with zero attached hydrogens (tertiary/aromatic N) is 1. The molecule has 0 aliphatic carbocycles. The third-order valence-electron chi connectivity index (χ3n) is 2.97. The van der Waals surface area contributed by atoms with E-state index in [2.05, 4.69) is 17.2 Å². The summed E-state index contributed by atoms with van der Waals surface area (Å²) in [5.41, 5.74) is 2.55. The zero-order valence-electron chi connectivity index (χ0n) is 11.6. The van der Waals surface area contributed by atoms with E-state index >= 15 is 0 Å². The number of hydrogen-bond donors (Lipinski definition) is 3. The van der Waals surface area contributed by atoms with Crippen LogP contribution in [0.3, 0.4) is 0 Å². The van der Waals surface area contributed by atoms with Crippen LogP contribution in [0, 0.1) is 6.92 Å². The summed E-state index contributed by atoms with van der Waals surface area (Å²) in [5.74, 6) is 6.02. The van der Waals surface area contributed by atoms with Crippen LogP contribution >= 0.6 is 0 Å². The fraction of sp³-hybridized carbons (Fsp3) is 0.615. The minimum absolute atomic E-state index is 0.111. The minimum Gasteiger partial charge on any atom is -0.464 e. The second kappa shape index (κ2) is 7.93. The highest BCUT2D eigenvalue weighted by atomic mass is 16.3. The molecule has 0 fully saturated rings. The maximum atomic E-state index is 11.5. The lowest BCUT2D eigenvalue weighted by molar-refractivity contribution is 0.0952. The van der Waals surface area contributed by atoms with Gasteiger partial charge in [0.1, 0.15) is 11.5 Å².